The van der Waals surface area contributed by atoms with Gasteiger partial charge in [0.2, 0.25) is 0 Å². The number of aromatic carboxylic acids is 1. The Kier molecular flexibility index (Phi) is 4.01. The number of allylic oxidation sites excluding steroid dienone is 2. The predicted molar refractivity (Wildman–Crippen MR) is 102 cm³/mol. The van der Waals surface area contributed by atoms with Crippen molar-refractivity contribution in [3.05, 3.63) is 74.2 Å². The third-order valence-corrected chi connectivity index (χ3v) is 5.99. The molecule has 1 heterocycles. The van der Waals surface area contributed by atoms with E-state index in [0.29, 0.717) is 11.5 Å². The molecule has 0 saturated heterocycles. The number of hydrogen-bond donors (Lipinski definition) is 2. The molecule has 0 amide bonds. The number of rotatable bonds is 2. The summed E-state index contributed by atoms with van der Waals surface area (Å²) in [4.78, 5) is 11.4. The molecule has 3 atom stereocenters. The van der Waals surface area contributed by atoms with E-state index in [1.165, 1.54) is 5.56 Å². The average Bonchev–Trinajstić information content (AvgIpc) is 3.04. The molecule has 122 valence electrons. The molecule has 0 aromatic heterocycles. The Morgan fingerprint density at radius 3 is 2.79 bits per heavy atom. The highest BCUT2D eigenvalue weighted by atomic mass is 79.9. The minimum Gasteiger partial charge on any atom is -0.478 e. The first-order chi connectivity index (χ1) is 11.5. The molecule has 1 aliphatic heterocycles. The van der Waals surface area contributed by atoms with Gasteiger partial charge in [0.1, 0.15) is 0 Å². The number of nitrogens with one attached hydrogen (secondary N) is 1. The molecule has 2 aromatic rings. The summed E-state index contributed by atoms with van der Waals surface area (Å²) in [6.07, 6.45) is 5.41. The fraction of sp³-hybridized carbons (Fsp3) is 0.211. The molecule has 2 N–H and O–H groups in total. The van der Waals surface area contributed by atoms with E-state index in [0.717, 1.165) is 26.6 Å². The quantitative estimate of drug-likeness (QED) is 0.576. The van der Waals surface area contributed by atoms with Gasteiger partial charge in [0.15, 0.2) is 0 Å². The number of fused-ring (bicyclic) bond motifs is 3. The lowest BCUT2D eigenvalue weighted by molar-refractivity contribution is 0.0696. The van der Waals surface area contributed by atoms with Gasteiger partial charge >= 0.3 is 5.97 Å². The Morgan fingerprint density at radius 1 is 1.21 bits per heavy atom. The molecule has 2 aromatic carbocycles. The van der Waals surface area contributed by atoms with Crippen molar-refractivity contribution in [3.8, 4) is 0 Å². The van der Waals surface area contributed by atoms with Gasteiger partial charge in [0.05, 0.1) is 17.3 Å². The van der Waals surface area contributed by atoms with Gasteiger partial charge in [-0.25, -0.2) is 4.79 Å². The van der Waals surface area contributed by atoms with Gasteiger partial charge in [0, 0.05) is 14.9 Å². The summed E-state index contributed by atoms with van der Waals surface area (Å²) in [7, 11) is 0. The molecular formula is C19H15Br2NO2. The maximum atomic E-state index is 11.4. The van der Waals surface area contributed by atoms with E-state index < -0.39 is 5.97 Å². The summed E-state index contributed by atoms with van der Waals surface area (Å²) in [6, 6.07) is 12.0. The third-order valence-electron chi connectivity index (χ3n) is 4.88. The van der Waals surface area contributed by atoms with E-state index in [2.05, 4.69) is 67.5 Å². The zero-order chi connectivity index (χ0) is 16.8. The van der Waals surface area contributed by atoms with E-state index in [-0.39, 0.29) is 12.0 Å². The van der Waals surface area contributed by atoms with Crippen LogP contribution in [0, 0.1) is 5.92 Å². The summed E-state index contributed by atoms with van der Waals surface area (Å²) in [5.74, 6) is -0.269. The Hall–Kier alpha value is -1.59. The van der Waals surface area contributed by atoms with Crippen molar-refractivity contribution in [1.82, 2.24) is 0 Å². The van der Waals surface area contributed by atoms with Gasteiger partial charge < -0.3 is 10.4 Å². The lowest BCUT2D eigenvalue weighted by Gasteiger charge is -2.38. The largest absolute Gasteiger partial charge is 0.478 e. The van der Waals surface area contributed by atoms with Crippen LogP contribution < -0.4 is 5.32 Å². The maximum absolute atomic E-state index is 11.4. The van der Waals surface area contributed by atoms with Gasteiger partial charge in [-0.1, -0.05) is 40.2 Å². The molecule has 24 heavy (non-hydrogen) atoms. The van der Waals surface area contributed by atoms with Crippen LogP contribution in [0.15, 0.2) is 57.5 Å². The number of halogens is 2. The molecule has 0 radical (unpaired) electrons. The predicted octanol–water partition coefficient (Wildman–Crippen LogP) is 5.74. The van der Waals surface area contributed by atoms with E-state index in [1.54, 1.807) is 12.1 Å². The highest BCUT2D eigenvalue weighted by Crippen LogP contribution is 2.52. The molecule has 4 rings (SSSR count). The van der Waals surface area contributed by atoms with Crippen molar-refractivity contribution in [2.45, 2.75) is 18.4 Å². The zero-order valence-corrected chi connectivity index (χ0v) is 15.8. The minimum absolute atomic E-state index is 0.196. The van der Waals surface area contributed by atoms with Crippen molar-refractivity contribution in [3.63, 3.8) is 0 Å². The molecule has 0 saturated carbocycles. The number of carboxylic acid groups (broad SMARTS) is 1. The Morgan fingerprint density at radius 2 is 2.04 bits per heavy atom. The first kappa shape index (κ1) is 15.9. The molecule has 0 fully saturated rings. The summed E-state index contributed by atoms with van der Waals surface area (Å²) >= 11 is 7.11. The smallest absolute Gasteiger partial charge is 0.335 e. The van der Waals surface area contributed by atoms with Crippen molar-refractivity contribution in [1.29, 1.82) is 0 Å². The van der Waals surface area contributed by atoms with Gasteiger partial charge in [-0.15, -0.1) is 0 Å². The van der Waals surface area contributed by atoms with Crippen LogP contribution in [0.1, 0.15) is 39.9 Å². The van der Waals surface area contributed by atoms with Gasteiger partial charge in [-0.2, -0.15) is 0 Å². The highest BCUT2D eigenvalue weighted by Gasteiger charge is 2.39. The Bertz CT molecular complexity index is 862. The van der Waals surface area contributed by atoms with E-state index in [1.807, 2.05) is 6.07 Å². The molecule has 0 unspecified atom stereocenters. The standard InChI is InChI=1S/C19H15Br2NO2/c20-12-4-1-3-10(7-12)17-14-6-2-5-13(14)15-8-11(19(23)24)9-16(21)18(15)22-17/h1-5,7-9,13-14,17,22H,6H2,(H,23,24)/t13-,14+,17-/m1/s1. The zero-order valence-electron chi connectivity index (χ0n) is 12.7. The first-order valence-corrected chi connectivity index (χ1v) is 9.38. The van der Waals surface area contributed by atoms with Crippen LogP contribution in [0.2, 0.25) is 0 Å². The van der Waals surface area contributed by atoms with Gasteiger partial charge in [-0.3, -0.25) is 0 Å². The number of carbonyl (C=O) groups is 1. The molecule has 0 bridgehead atoms. The van der Waals surface area contributed by atoms with E-state index in [4.69, 9.17) is 0 Å². The lowest BCUT2D eigenvalue weighted by atomic mass is 9.76. The molecule has 5 heteroatoms. The average molecular weight is 449 g/mol. The number of hydrogen-bond acceptors (Lipinski definition) is 2. The van der Waals surface area contributed by atoms with Crippen LogP contribution in [0.5, 0.6) is 0 Å². The molecule has 2 aliphatic rings. The second-order valence-electron chi connectivity index (χ2n) is 6.26. The Balaban J connectivity index is 1.83. The van der Waals surface area contributed by atoms with Gasteiger partial charge in [0.25, 0.3) is 0 Å². The fourth-order valence-corrected chi connectivity index (χ4v) is 4.82. The van der Waals surface area contributed by atoms with Crippen molar-refractivity contribution >= 4 is 43.5 Å². The molecular weight excluding hydrogens is 434 g/mol. The lowest BCUT2D eigenvalue weighted by Crippen LogP contribution is -2.29. The topological polar surface area (TPSA) is 49.3 Å². The SMILES string of the molecule is O=C(O)c1cc(Br)c2c(c1)[C@@H]1C=CC[C@@H]1[C@@H](c1cccc(Br)c1)N2. The summed E-state index contributed by atoms with van der Waals surface area (Å²) in [5, 5.41) is 13.0. The molecule has 0 spiro atoms. The van der Waals surface area contributed by atoms with Gasteiger partial charge in [-0.05, 0) is 63.7 Å². The van der Waals surface area contributed by atoms with Crippen molar-refractivity contribution in [2.75, 3.05) is 5.32 Å². The summed E-state index contributed by atoms with van der Waals surface area (Å²) in [6.45, 7) is 0. The number of benzene rings is 2. The van der Waals surface area contributed by atoms with Crippen molar-refractivity contribution in [2.24, 2.45) is 5.92 Å². The highest BCUT2D eigenvalue weighted by molar-refractivity contribution is 9.10. The Labute approximate surface area is 157 Å². The van der Waals surface area contributed by atoms with Crippen LogP contribution >= 0.6 is 31.9 Å². The van der Waals surface area contributed by atoms with E-state index in [9.17, 15) is 9.90 Å². The van der Waals surface area contributed by atoms with Crippen LogP contribution in [0.25, 0.3) is 0 Å². The normalized spacial score (nSPS) is 24.2. The van der Waals surface area contributed by atoms with E-state index >= 15 is 0 Å². The number of anilines is 1. The van der Waals surface area contributed by atoms with Crippen LogP contribution in [-0.4, -0.2) is 11.1 Å². The monoisotopic (exact) mass is 447 g/mol. The second-order valence-corrected chi connectivity index (χ2v) is 8.03. The first-order valence-electron chi connectivity index (χ1n) is 7.80. The summed E-state index contributed by atoms with van der Waals surface area (Å²) < 4.78 is 1.87. The van der Waals surface area contributed by atoms with Crippen LogP contribution in [-0.2, 0) is 0 Å². The second kappa shape index (κ2) is 6.05. The maximum Gasteiger partial charge on any atom is 0.335 e. The van der Waals surface area contributed by atoms with Crippen molar-refractivity contribution < 1.29 is 9.90 Å². The minimum atomic E-state index is -0.897. The third kappa shape index (κ3) is 2.60. The fourth-order valence-electron chi connectivity index (χ4n) is 3.81. The molecule has 3 nitrogen and oxygen atoms in total. The summed E-state index contributed by atoms with van der Waals surface area (Å²) in [5.41, 5.74) is 3.62. The van der Waals surface area contributed by atoms with Crippen LogP contribution in [0.3, 0.4) is 0 Å². The molecule has 1 aliphatic carbocycles. The number of carboxylic acids is 1. The van der Waals surface area contributed by atoms with Crippen LogP contribution in [0.4, 0.5) is 5.69 Å².